The van der Waals surface area contributed by atoms with E-state index in [1.807, 2.05) is 12.1 Å². The highest BCUT2D eigenvalue weighted by atomic mass is 16.3. The lowest BCUT2D eigenvalue weighted by Crippen LogP contribution is -2.13. The first kappa shape index (κ1) is 34.9. The lowest BCUT2D eigenvalue weighted by atomic mass is 9.90. The summed E-state index contributed by atoms with van der Waals surface area (Å²) in [6.07, 6.45) is 0. The molecular formula is C58H37NO2. The second-order valence-corrected chi connectivity index (χ2v) is 15.5. The molecule has 0 bridgehead atoms. The van der Waals surface area contributed by atoms with Gasteiger partial charge in [-0.1, -0.05) is 188 Å². The average molecular weight is 780 g/mol. The number of anilines is 3. The zero-order chi connectivity index (χ0) is 40.3. The van der Waals surface area contributed by atoms with Gasteiger partial charge < -0.3 is 13.7 Å². The summed E-state index contributed by atoms with van der Waals surface area (Å²) in [7, 11) is 0. The van der Waals surface area contributed by atoms with Gasteiger partial charge in [0, 0.05) is 43.8 Å². The van der Waals surface area contributed by atoms with Crippen LogP contribution in [0.25, 0.3) is 99.2 Å². The maximum absolute atomic E-state index is 6.72. The first-order chi connectivity index (χ1) is 30.3. The van der Waals surface area contributed by atoms with E-state index in [9.17, 15) is 0 Å². The molecule has 0 saturated carbocycles. The number of hydrogen-bond donors (Lipinski definition) is 0. The SMILES string of the molecule is c1ccc(-c2cccc3cccc(-c4ccccc4N(c4ccccc4-c4cccc5c4oc4ccccc45)c4ccccc4-c4cccc5oc6ccccc6c45)c23)cc1. The molecule has 0 saturated heterocycles. The molecule has 0 aliphatic heterocycles. The molecule has 0 spiro atoms. The molecule has 0 unspecified atom stereocenters. The Morgan fingerprint density at radius 1 is 0.262 bits per heavy atom. The molecule has 3 nitrogen and oxygen atoms in total. The van der Waals surface area contributed by atoms with Gasteiger partial charge in [-0.15, -0.1) is 0 Å². The van der Waals surface area contributed by atoms with Crippen LogP contribution in [0.1, 0.15) is 0 Å². The van der Waals surface area contributed by atoms with Gasteiger partial charge in [-0.05, 0) is 69.4 Å². The van der Waals surface area contributed by atoms with Crippen molar-refractivity contribution in [1.29, 1.82) is 0 Å². The zero-order valence-electron chi connectivity index (χ0n) is 33.1. The molecule has 286 valence electrons. The summed E-state index contributed by atoms with van der Waals surface area (Å²) >= 11 is 0. The minimum Gasteiger partial charge on any atom is -0.456 e. The Morgan fingerprint density at radius 3 is 1.39 bits per heavy atom. The van der Waals surface area contributed by atoms with Gasteiger partial charge in [-0.2, -0.15) is 0 Å². The predicted molar refractivity (Wildman–Crippen MR) is 255 cm³/mol. The largest absolute Gasteiger partial charge is 0.456 e. The highest BCUT2D eigenvalue weighted by molar-refractivity contribution is 6.16. The van der Waals surface area contributed by atoms with Crippen molar-refractivity contribution in [1.82, 2.24) is 0 Å². The van der Waals surface area contributed by atoms with Gasteiger partial charge >= 0.3 is 0 Å². The third-order valence-electron chi connectivity index (χ3n) is 12.1. The van der Waals surface area contributed by atoms with E-state index in [2.05, 4.69) is 217 Å². The molecule has 61 heavy (non-hydrogen) atoms. The molecule has 0 fully saturated rings. The Balaban J connectivity index is 1.17. The van der Waals surface area contributed by atoms with Gasteiger partial charge in [0.25, 0.3) is 0 Å². The topological polar surface area (TPSA) is 29.5 Å². The predicted octanol–water partition coefficient (Wildman–Crippen LogP) is 16.8. The minimum absolute atomic E-state index is 0.863. The van der Waals surface area contributed by atoms with E-state index in [1.165, 1.54) is 21.9 Å². The smallest absolute Gasteiger partial charge is 0.143 e. The molecule has 0 radical (unpaired) electrons. The number of furan rings is 2. The number of fused-ring (bicyclic) bond motifs is 7. The van der Waals surface area contributed by atoms with Crippen molar-refractivity contribution < 1.29 is 8.83 Å². The van der Waals surface area contributed by atoms with E-state index in [0.717, 1.165) is 94.3 Å². The molecule has 2 aromatic heterocycles. The number of benzene rings is 10. The molecule has 0 atom stereocenters. The Morgan fingerprint density at radius 2 is 0.705 bits per heavy atom. The highest BCUT2D eigenvalue weighted by Gasteiger charge is 2.26. The normalized spacial score (nSPS) is 11.6. The van der Waals surface area contributed by atoms with Crippen LogP contribution in [0, 0.1) is 0 Å². The van der Waals surface area contributed by atoms with Crippen LogP contribution in [0.4, 0.5) is 17.1 Å². The minimum atomic E-state index is 0.863. The van der Waals surface area contributed by atoms with Crippen molar-refractivity contribution in [2.75, 3.05) is 4.90 Å². The van der Waals surface area contributed by atoms with E-state index in [0.29, 0.717) is 0 Å². The molecule has 12 rings (SSSR count). The standard InChI is InChI=1S/C58H37NO2/c1-2-18-38(19-3-1)40-27-14-20-39-21-15-28-45(56(39)40)41-22-4-9-32-50(41)59(51-33-10-5-23-42(51)46-29-17-37-55-57(46)49-26-8-13-36-54(49)60-55)52-34-11-6-24-43(52)47-30-16-31-48-44-25-7-12-35-53(44)61-58(47)48/h1-37H. The number of nitrogens with zero attached hydrogens (tertiary/aromatic N) is 1. The molecule has 2 heterocycles. The number of hydrogen-bond acceptors (Lipinski definition) is 3. The van der Waals surface area contributed by atoms with Crippen molar-refractivity contribution in [2.24, 2.45) is 0 Å². The molecule has 12 aromatic rings. The fourth-order valence-corrected chi connectivity index (χ4v) is 9.46. The molecular weight excluding hydrogens is 743 g/mol. The summed E-state index contributed by atoms with van der Waals surface area (Å²) in [5, 5.41) is 6.80. The molecule has 0 amide bonds. The van der Waals surface area contributed by atoms with Gasteiger partial charge in [0.15, 0.2) is 0 Å². The van der Waals surface area contributed by atoms with Gasteiger partial charge in [0.1, 0.15) is 22.3 Å². The van der Waals surface area contributed by atoms with E-state index < -0.39 is 0 Å². The summed E-state index contributed by atoms with van der Waals surface area (Å²) < 4.78 is 13.2. The maximum Gasteiger partial charge on any atom is 0.143 e. The maximum atomic E-state index is 6.72. The summed E-state index contributed by atoms with van der Waals surface area (Å²) in [5.74, 6) is 0. The van der Waals surface area contributed by atoms with Gasteiger partial charge in [0.2, 0.25) is 0 Å². The second kappa shape index (κ2) is 14.3. The van der Waals surface area contributed by atoms with Crippen molar-refractivity contribution >= 4 is 71.7 Å². The summed E-state index contributed by atoms with van der Waals surface area (Å²) in [6, 6.07) is 80.0. The van der Waals surface area contributed by atoms with Crippen LogP contribution in [0.2, 0.25) is 0 Å². The average Bonchev–Trinajstić information content (AvgIpc) is 3.91. The van der Waals surface area contributed by atoms with Crippen LogP contribution in [-0.2, 0) is 0 Å². The van der Waals surface area contributed by atoms with Gasteiger partial charge in [-0.3, -0.25) is 0 Å². The Kier molecular flexibility index (Phi) is 8.17. The van der Waals surface area contributed by atoms with E-state index in [1.54, 1.807) is 0 Å². The lowest BCUT2D eigenvalue weighted by Gasteiger charge is -2.32. The molecule has 3 heteroatoms. The fraction of sp³-hybridized carbons (Fsp3) is 0. The summed E-state index contributed by atoms with van der Waals surface area (Å²) in [5.41, 5.74) is 15.6. The van der Waals surface area contributed by atoms with Crippen molar-refractivity contribution in [3.8, 4) is 44.5 Å². The monoisotopic (exact) mass is 779 g/mol. The van der Waals surface area contributed by atoms with Crippen LogP contribution >= 0.6 is 0 Å². The molecule has 0 aliphatic rings. The highest BCUT2D eigenvalue weighted by Crippen LogP contribution is 2.51. The Hall–Kier alpha value is -8.14. The first-order valence-electron chi connectivity index (χ1n) is 20.8. The van der Waals surface area contributed by atoms with Gasteiger partial charge in [0.05, 0.1) is 17.1 Å². The third kappa shape index (κ3) is 5.66. The zero-order valence-corrected chi connectivity index (χ0v) is 33.1. The first-order valence-corrected chi connectivity index (χ1v) is 20.8. The van der Waals surface area contributed by atoms with E-state index >= 15 is 0 Å². The molecule has 10 aromatic carbocycles. The Labute approximate surface area is 353 Å². The van der Waals surface area contributed by atoms with Crippen LogP contribution in [0.5, 0.6) is 0 Å². The van der Waals surface area contributed by atoms with Crippen LogP contribution in [-0.4, -0.2) is 0 Å². The fourth-order valence-electron chi connectivity index (χ4n) is 9.46. The van der Waals surface area contributed by atoms with Crippen molar-refractivity contribution in [2.45, 2.75) is 0 Å². The quantitative estimate of drug-likeness (QED) is 0.161. The lowest BCUT2D eigenvalue weighted by molar-refractivity contribution is 0.669. The number of rotatable bonds is 7. The Bertz CT molecular complexity index is 3610. The van der Waals surface area contributed by atoms with E-state index in [4.69, 9.17) is 8.83 Å². The van der Waals surface area contributed by atoms with E-state index in [-0.39, 0.29) is 0 Å². The van der Waals surface area contributed by atoms with Crippen LogP contribution < -0.4 is 4.90 Å². The van der Waals surface area contributed by atoms with Crippen LogP contribution in [0.15, 0.2) is 233 Å². The number of para-hydroxylation sites is 6. The van der Waals surface area contributed by atoms with Crippen molar-refractivity contribution in [3.63, 3.8) is 0 Å². The molecule has 0 aliphatic carbocycles. The second-order valence-electron chi connectivity index (χ2n) is 15.5. The van der Waals surface area contributed by atoms with Crippen molar-refractivity contribution in [3.05, 3.63) is 224 Å². The third-order valence-corrected chi connectivity index (χ3v) is 12.1. The summed E-state index contributed by atoms with van der Waals surface area (Å²) in [4.78, 5) is 2.46. The molecule has 0 N–H and O–H groups in total. The van der Waals surface area contributed by atoms with Gasteiger partial charge in [-0.25, -0.2) is 0 Å². The summed E-state index contributed by atoms with van der Waals surface area (Å²) in [6.45, 7) is 0. The van der Waals surface area contributed by atoms with Crippen LogP contribution in [0.3, 0.4) is 0 Å².